The number of hydrogen-bond donors (Lipinski definition) is 0. The molecule has 2 nitrogen and oxygen atoms in total. The smallest absolute Gasteiger partial charge is 0.315 e. The zero-order valence-electron chi connectivity index (χ0n) is 8.38. The van der Waals surface area contributed by atoms with Crippen LogP contribution in [0.2, 0.25) is 0 Å². The molecule has 0 spiro atoms. The van der Waals surface area contributed by atoms with E-state index in [0.29, 0.717) is 0 Å². The molecule has 0 N–H and O–H groups in total. The number of carbonyl (C=O) groups is 1. The molecule has 0 aliphatic rings. The molecule has 1 aromatic rings. The number of halogens is 4. The molecular weight excluding hydrogens is 226 g/mol. The van der Waals surface area contributed by atoms with Crippen LogP contribution in [-0.4, -0.2) is 24.3 Å². The highest BCUT2D eigenvalue weighted by Gasteiger charge is 2.20. The van der Waals surface area contributed by atoms with Crippen LogP contribution in [0, 0.1) is 11.6 Å². The molecule has 0 radical (unpaired) electrons. The Balaban J connectivity index is 2.73. The maximum atomic E-state index is 12.8. The van der Waals surface area contributed by atoms with Crippen LogP contribution in [0.15, 0.2) is 18.2 Å². The summed E-state index contributed by atoms with van der Waals surface area (Å²) in [7, 11) is 1.16. The number of hydrogen-bond acceptors (Lipinski definition) is 1. The highest BCUT2D eigenvalue weighted by molar-refractivity contribution is 5.78. The van der Waals surface area contributed by atoms with Crippen molar-refractivity contribution in [2.24, 2.45) is 0 Å². The quantitative estimate of drug-likeness (QED) is 0.735. The van der Waals surface area contributed by atoms with Crippen molar-refractivity contribution < 1.29 is 22.4 Å². The van der Waals surface area contributed by atoms with Gasteiger partial charge in [0.15, 0.2) is 11.6 Å². The predicted molar refractivity (Wildman–Crippen MR) is 48.8 cm³/mol. The molecule has 0 unspecified atom stereocenters. The Labute approximate surface area is 89.5 Å². The minimum absolute atomic E-state index is 0.194. The minimum atomic E-state index is -3.10. The van der Waals surface area contributed by atoms with Gasteiger partial charge in [-0.25, -0.2) is 8.78 Å². The maximum absolute atomic E-state index is 12.8. The predicted octanol–water partition coefficient (Wildman–Crippen LogP) is 2.19. The molecule has 0 atom stereocenters. The Morgan fingerprint density at radius 1 is 1.31 bits per heavy atom. The summed E-state index contributed by atoms with van der Waals surface area (Å²) in [5.41, 5.74) is 0.246. The van der Waals surface area contributed by atoms with E-state index in [4.69, 9.17) is 0 Å². The number of nitrogens with zero attached hydrogens (tertiary/aromatic N) is 1. The van der Waals surface area contributed by atoms with Gasteiger partial charge in [-0.2, -0.15) is 8.78 Å². The second-order valence-corrected chi connectivity index (χ2v) is 3.24. The molecule has 0 heterocycles. The van der Waals surface area contributed by atoms with Crippen molar-refractivity contribution in [2.75, 3.05) is 7.05 Å². The molecule has 1 rings (SSSR count). The van der Waals surface area contributed by atoms with Gasteiger partial charge in [0.25, 0.3) is 5.91 Å². The molecule has 0 aliphatic carbocycles. The first-order chi connectivity index (χ1) is 7.41. The van der Waals surface area contributed by atoms with Gasteiger partial charge in [0.1, 0.15) is 0 Å². The van der Waals surface area contributed by atoms with Gasteiger partial charge in [0.05, 0.1) is 0 Å². The van der Waals surface area contributed by atoms with Crippen molar-refractivity contribution in [2.45, 2.75) is 13.0 Å². The number of rotatable bonds is 3. The molecule has 88 valence electrons. The van der Waals surface area contributed by atoms with Crippen LogP contribution in [0.25, 0.3) is 0 Å². The third-order valence-electron chi connectivity index (χ3n) is 1.97. The van der Waals surface area contributed by atoms with Crippen LogP contribution in [0.1, 0.15) is 5.56 Å². The minimum Gasteiger partial charge on any atom is -0.336 e. The number of amides is 1. The second-order valence-electron chi connectivity index (χ2n) is 3.24. The lowest BCUT2D eigenvalue weighted by Crippen LogP contribution is -2.31. The molecular formula is C10H9F4NO. The van der Waals surface area contributed by atoms with E-state index in [-0.39, 0.29) is 12.1 Å². The van der Waals surface area contributed by atoms with Gasteiger partial charge in [-0.15, -0.1) is 0 Å². The molecule has 0 aliphatic heterocycles. The maximum Gasteiger partial charge on any atom is 0.315 e. The van der Waals surface area contributed by atoms with Crippen molar-refractivity contribution in [3.63, 3.8) is 0 Å². The first-order valence-electron chi connectivity index (χ1n) is 4.39. The Kier molecular flexibility index (Phi) is 3.87. The topological polar surface area (TPSA) is 20.3 Å². The van der Waals surface area contributed by atoms with Crippen molar-refractivity contribution in [3.8, 4) is 0 Å². The van der Waals surface area contributed by atoms with Crippen LogP contribution < -0.4 is 0 Å². The fourth-order valence-electron chi connectivity index (χ4n) is 1.16. The molecule has 0 aromatic heterocycles. The molecule has 0 fully saturated rings. The average molecular weight is 235 g/mol. The first kappa shape index (κ1) is 12.5. The van der Waals surface area contributed by atoms with E-state index in [2.05, 4.69) is 0 Å². The van der Waals surface area contributed by atoms with Crippen LogP contribution >= 0.6 is 0 Å². The molecule has 1 aromatic carbocycles. The summed E-state index contributed by atoms with van der Waals surface area (Å²) in [6.07, 6.45) is -3.10. The van der Waals surface area contributed by atoms with Gasteiger partial charge in [-0.05, 0) is 17.7 Å². The van der Waals surface area contributed by atoms with Gasteiger partial charge >= 0.3 is 6.43 Å². The van der Waals surface area contributed by atoms with Gasteiger partial charge in [-0.3, -0.25) is 4.79 Å². The van der Waals surface area contributed by atoms with E-state index in [1.54, 1.807) is 0 Å². The Bertz CT molecular complexity index is 394. The fourth-order valence-corrected chi connectivity index (χ4v) is 1.16. The van der Waals surface area contributed by atoms with E-state index in [1.807, 2.05) is 0 Å². The van der Waals surface area contributed by atoms with Crippen molar-refractivity contribution in [3.05, 3.63) is 35.4 Å². The highest BCUT2D eigenvalue weighted by atomic mass is 19.3. The molecule has 0 saturated heterocycles. The zero-order valence-corrected chi connectivity index (χ0v) is 8.38. The van der Waals surface area contributed by atoms with E-state index >= 15 is 0 Å². The number of alkyl halides is 2. The van der Waals surface area contributed by atoms with Crippen LogP contribution in [0.5, 0.6) is 0 Å². The van der Waals surface area contributed by atoms with E-state index < -0.39 is 24.0 Å². The van der Waals surface area contributed by atoms with Crippen molar-refractivity contribution in [1.29, 1.82) is 0 Å². The molecule has 6 heteroatoms. The lowest BCUT2D eigenvalue weighted by atomic mass is 10.2. The first-order valence-corrected chi connectivity index (χ1v) is 4.39. The van der Waals surface area contributed by atoms with E-state index in [0.717, 1.165) is 24.1 Å². The zero-order chi connectivity index (χ0) is 12.3. The van der Waals surface area contributed by atoms with Gasteiger partial charge in [0, 0.05) is 13.6 Å². The van der Waals surface area contributed by atoms with Crippen LogP contribution in [-0.2, 0) is 11.3 Å². The lowest BCUT2D eigenvalue weighted by molar-refractivity contribution is -0.141. The largest absolute Gasteiger partial charge is 0.336 e. The summed E-state index contributed by atoms with van der Waals surface area (Å²) in [4.78, 5) is 11.6. The standard InChI is InChI=1S/C10H9F4NO/c1-15(10(16)9(13)14)5-6-2-3-7(11)8(12)4-6/h2-4,9H,5H2,1H3. The Morgan fingerprint density at radius 2 is 1.94 bits per heavy atom. The molecule has 0 bridgehead atoms. The highest BCUT2D eigenvalue weighted by Crippen LogP contribution is 2.11. The Morgan fingerprint density at radius 3 is 2.44 bits per heavy atom. The summed E-state index contributed by atoms with van der Waals surface area (Å²) in [6.45, 7) is -0.194. The lowest BCUT2D eigenvalue weighted by Gasteiger charge is -2.16. The normalized spacial score (nSPS) is 10.6. The van der Waals surface area contributed by atoms with Gasteiger partial charge in [0.2, 0.25) is 0 Å². The van der Waals surface area contributed by atoms with Crippen molar-refractivity contribution in [1.82, 2.24) is 4.90 Å². The van der Waals surface area contributed by atoms with Gasteiger partial charge in [-0.1, -0.05) is 6.07 Å². The summed E-state index contributed by atoms with van der Waals surface area (Å²) in [6, 6.07) is 2.98. The summed E-state index contributed by atoms with van der Waals surface area (Å²) in [5, 5.41) is 0. The fraction of sp³-hybridized carbons (Fsp3) is 0.300. The third kappa shape index (κ3) is 2.95. The van der Waals surface area contributed by atoms with Crippen molar-refractivity contribution >= 4 is 5.91 Å². The Hall–Kier alpha value is -1.59. The van der Waals surface area contributed by atoms with Crippen LogP contribution in [0.4, 0.5) is 17.6 Å². The average Bonchev–Trinajstić information content (AvgIpc) is 2.22. The third-order valence-corrected chi connectivity index (χ3v) is 1.97. The van der Waals surface area contributed by atoms with Crippen LogP contribution in [0.3, 0.4) is 0 Å². The monoisotopic (exact) mass is 235 g/mol. The van der Waals surface area contributed by atoms with E-state index in [1.165, 1.54) is 6.07 Å². The van der Waals surface area contributed by atoms with Gasteiger partial charge < -0.3 is 4.90 Å². The second kappa shape index (κ2) is 4.96. The summed E-state index contributed by atoms with van der Waals surface area (Å²) in [5.74, 6) is -3.45. The molecule has 1 amide bonds. The van der Waals surface area contributed by atoms with E-state index in [9.17, 15) is 22.4 Å². The molecule has 16 heavy (non-hydrogen) atoms. The number of carbonyl (C=O) groups excluding carboxylic acids is 1. The summed E-state index contributed by atoms with van der Waals surface area (Å²) >= 11 is 0. The molecule has 0 saturated carbocycles. The number of benzene rings is 1. The summed E-state index contributed by atoms with van der Waals surface area (Å²) < 4.78 is 49.3. The SMILES string of the molecule is CN(Cc1ccc(F)c(F)c1)C(=O)C(F)F.